The van der Waals surface area contributed by atoms with E-state index in [4.69, 9.17) is 5.73 Å². The van der Waals surface area contributed by atoms with Crippen molar-refractivity contribution < 1.29 is 0 Å². The summed E-state index contributed by atoms with van der Waals surface area (Å²) in [4.78, 5) is 2.54. The maximum Gasteiger partial charge on any atom is 0.00949 e. The minimum atomic E-state index is 0.218. The molecule has 3 atom stereocenters. The Balaban J connectivity index is 2.48. The number of nitrogens with zero attached hydrogens (tertiary/aromatic N) is 1. The lowest BCUT2D eigenvalue weighted by Crippen LogP contribution is -2.47. The maximum atomic E-state index is 6.05. The van der Waals surface area contributed by atoms with Crippen molar-refractivity contribution in [1.82, 2.24) is 4.90 Å². The van der Waals surface area contributed by atoms with Crippen LogP contribution in [0, 0.1) is 11.3 Å². The molecule has 1 aliphatic rings. The zero-order valence-electron chi connectivity index (χ0n) is 11.8. The van der Waals surface area contributed by atoms with Crippen LogP contribution in [0.5, 0.6) is 0 Å². The molecule has 1 saturated carbocycles. The van der Waals surface area contributed by atoms with Gasteiger partial charge in [0, 0.05) is 18.6 Å². The second kappa shape index (κ2) is 5.50. The molecule has 16 heavy (non-hydrogen) atoms. The molecule has 0 aliphatic heterocycles. The Morgan fingerprint density at radius 2 is 2.00 bits per heavy atom. The van der Waals surface area contributed by atoms with Crippen LogP contribution in [0.2, 0.25) is 0 Å². The van der Waals surface area contributed by atoms with E-state index in [0.29, 0.717) is 0 Å². The molecule has 0 aromatic rings. The fourth-order valence-corrected chi connectivity index (χ4v) is 2.72. The summed E-state index contributed by atoms with van der Waals surface area (Å²) in [6, 6.07) is 1.04. The Kier molecular flexibility index (Phi) is 4.81. The molecular formula is C14H30N2. The van der Waals surface area contributed by atoms with Gasteiger partial charge in [0.15, 0.2) is 0 Å². The molecule has 2 nitrogen and oxygen atoms in total. The molecule has 0 bridgehead atoms. The lowest BCUT2D eigenvalue weighted by atomic mass is 9.82. The van der Waals surface area contributed by atoms with Gasteiger partial charge in [0.25, 0.3) is 0 Å². The highest BCUT2D eigenvalue weighted by molar-refractivity contribution is 4.85. The first-order chi connectivity index (χ1) is 7.33. The van der Waals surface area contributed by atoms with Crippen molar-refractivity contribution in [3.05, 3.63) is 0 Å². The quantitative estimate of drug-likeness (QED) is 0.798. The van der Waals surface area contributed by atoms with Gasteiger partial charge >= 0.3 is 0 Å². The zero-order valence-corrected chi connectivity index (χ0v) is 11.8. The van der Waals surface area contributed by atoms with Gasteiger partial charge in [-0.15, -0.1) is 0 Å². The summed E-state index contributed by atoms with van der Waals surface area (Å²) in [5, 5.41) is 0. The summed E-state index contributed by atoms with van der Waals surface area (Å²) in [6.07, 6.45) is 5.55. The van der Waals surface area contributed by atoms with Crippen molar-refractivity contribution in [1.29, 1.82) is 0 Å². The molecule has 3 unspecified atom stereocenters. The largest absolute Gasteiger partial charge is 0.327 e. The first-order valence-electron chi connectivity index (χ1n) is 6.78. The second-order valence-electron chi connectivity index (χ2n) is 6.62. The average Bonchev–Trinajstić information content (AvgIpc) is 2.16. The number of rotatable bonds is 4. The summed E-state index contributed by atoms with van der Waals surface area (Å²) in [5.74, 6) is 0.902. The van der Waals surface area contributed by atoms with E-state index < -0.39 is 0 Å². The third kappa shape index (κ3) is 3.74. The van der Waals surface area contributed by atoms with Gasteiger partial charge in [-0.05, 0) is 38.1 Å². The van der Waals surface area contributed by atoms with Gasteiger partial charge in [0.1, 0.15) is 0 Å². The van der Waals surface area contributed by atoms with Crippen molar-refractivity contribution in [3.8, 4) is 0 Å². The Morgan fingerprint density at radius 1 is 1.38 bits per heavy atom. The van der Waals surface area contributed by atoms with Crippen molar-refractivity contribution in [2.75, 3.05) is 13.6 Å². The summed E-state index contributed by atoms with van der Waals surface area (Å²) in [6.45, 7) is 10.2. The third-order valence-electron chi connectivity index (χ3n) is 4.42. The SMILES string of the molecule is CC1CCCC(N(C)CC(C)(C)C(C)N)C1. The van der Waals surface area contributed by atoms with Gasteiger partial charge in [-0.1, -0.05) is 33.6 Å². The van der Waals surface area contributed by atoms with Crippen molar-refractivity contribution >= 4 is 0 Å². The molecule has 1 fully saturated rings. The van der Waals surface area contributed by atoms with E-state index >= 15 is 0 Å². The van der Waals surface area contributed by atoms with Crippen LogP contribution in [-0.2, 0) is 0 Å². The van der Waals surface area contributed by atoms with E-state index in [1.165, 1.54) is 25.7 Å². The molecule has 2 heteroatoms. The standard InChI is InChI=1S/C14H30N2/c1-11-7-6-8-13(9-11)16(5)10-14(3,4)12(2)15/h11-13H,6-10,15H2,1-5H3. The maximum absolute atomic E-state index is 6.05. The lowest BCUT2D eigenvalue weighted by molar-refractivity contribution is 0.106. The average molecular weight is 226 g/mol. The number of nitrogens with two attached hydrogens (primary N) is 1. The van der Waals surface area contributed by atoms with E-state index in [1.807, 2.05) is 0 Å². The van der Waals surface area contributed by atoms with Crippen LogP contribution >= 0.6 is 0 Å². The molecular weight excluding hydrogens is 196 g/mol. The van der Waals surface area contributed by atoms with Gasteiger partial charge in [-0.2, -0.15) is 0 Å². The first-order valence-corrected chi connectivity index (χ1v) is 6.78. The zero-order chi connectivity index (χ0) is 12.3. The molecule has 0 heterocycles. The molecule has 0 amide bonds. The Morgan fingerprint density at radius 3 is 2.50 bits per heavy atom. The normalized spacial score (nSPS) is 29.4. The fourth-order valence-electron chi connectivity index (χ4n) is 2.72. The number of hydrogen-bond acceptors (Lipinski definition) is 2. The summed E-state index contributed by atoms with van der Waals surface area (Å²) >= 11 is 0. The summed E-state index contributed by atoms with van der Waals surface area (Å²) < 4.78 is 0. The van der Waals surface area contributed by atoms with Gasteiger partial charge in [-0.3, -0.25) is 0 Å². The number of hydrogen-bond donors (Lipinski definition) is 1. The molecule has 96 valence electrons. The van der Waals surface area contributed by atoms with Crippen LogP contribution in [0.15, 0.2) is 0 Å². The molecule has 0 saturated heterocycles. The van der Waals surface area contributed by atoms with Crippen molar-refractivity contribution in [3.63, 3.8) is 0 Å². The monoisotopic (exact) mass is 226 g/mol. The Hall–Kier alpha value is -0.0800. The molecule has 1 aliphatic carbocycles. The van der Waals surface area contributed by atoms with E-state index in [2.05, 4.69) is 39.6 Å². The van der Waals surface area contributed by atoms with Crippen LogP contribution in [0.25, 0.3) is 0 Å². The van der Waals surface area contributed by atoms with E-state index in [-0.39, 0.29) is 11.5 Å². The van der Waals surface area contributed by atoms with Crippen LogP contribution in [0.3, 0.4) is 0 Å². The van der Waals surface area contributed by atoms with Crippen molar-refractivity contribution in [2.45, 2.75) is 65.5 Å². The molecule has 0 spiro atoms. The highest BCUT2D eigenvalue weighted by atomic mass is 15.1. The third-order valence-corrected chi connectivity index (χ3v) is 4.42. The van der Waals surface area contributed by atoms with Crippen LogP contribution in [0.4, 0.5) is 0 Å². The van der Waals surface area contributed by atoms with Gasteiger partial charge < -0.3 is 10.6 Å². The molecule has 2 N–H and O–H groups in total. The summed E-state index contributed by atoms with van der Waals surface area (Å²) in [7, 11) is 2.27. The van der Waals surface area contributed by atoms with E-state index in [9.17, 15) is 0 Å². The Labute approximate surface area is 102 Å². The van der Waals surface area contributed by atoms with Gasteiger partial charge in [0.2, 0.25) is 0 Å². The first kappa shape index (κ1) is 14.0. The highest BCUT2D eigenvalue weighted by Gasteiger charge is 2.29. The topological polar surface area (TPSA) is 29.3 Å². The smallest absolute Gasteiger partial charge is 0.00949 e. The van der Waals surface area contributed by atoms with Crippen molar-refractivity contribution in [2.24, 2.45) is 17.1 Å². The minimum absolute atomic E-state index is 0.218. The van der Waals surface area contributed by atoms with Crippen LogP contribution in [0.1, 0.15) is 53.4 Å². The Bertz CT molecular complexity index is 211. The van der Waals surface area contributed by atoms with E-state index in [0.717, 1.165) is 18.5 Å². The summed E-state index contributed by atoms with van der Waals surface area (Å²) in [5.41, 5.74) is 6.27. The van der Waals surface area contributed by atoms with E-state index in [1.54, 1.807) is 0 Å². The van der Waals surface area contributed by atoms with Gasteiger partial charge in [0.05, 0.1) is 0 Å². The minimum Gasteiger partial charge on any atom is -0.327 e. The predicted molar refractivity (Wildman–Crippen MR) is 71.5 cm³/mol. The second-order valence-corrected chi connectivity index (χ2v) is 6.62. The predicted octanol–water partition coefficient (Wildman–Crippen LogP) is 2.87. The molecule has 1 rings (SSSR count). The molecule has 0 aromatic heterocycles. The van der Waals surface area contributed by atoms with Crippen LogP contribution in [-0.4, -0.2) is 30.6 Å². The van der Waals surface area contributed by atoms with Crippen LogP contribution < -0.4 is 5.73 Å². The highest BCUT2D eigenvalue weighted by Crippen LogP contribution is 2.29. The lowest BCUT2D eigenvalue weighted by Gasteiger charge is -2.40. The van der Waals surface area contributed by atoms with Gasteiger partial charge in [-0.25, -0.2) is 0 Å². The molecule has 0 aromatic carbocycles. The molecule has 0 radical (unpaired) electrons. The fraction of sp³-hybridized carbons (Fsp3) is 1.00.